The van der Waals surface area contributed by atoms with E-state index in [1.54, 1.807) is 36.4 Å². The molecule has 6 heteroatoms. The molecular weight excluding hydrogens is 321 g/mol. The number of hydrogen-bond acceptors (Lipinski definition) is 2. The highest BCUT2D eigenvalue weighted by atomic mass is 35.5. The first kappa shape index (κ1) is 15.1. The molecule has 0 aliphatic rings. The average Bonchev–Trinajstić information content (AvgIpc) is 2.37. The summed E-state index contributed by atoms with van der Waals surface area (Å²) in [6.07, 6.45) is 0.329. The molecule has 1 atom stereocenters. The Morgan fingerprint density at radius 2 is 1.70 bits per heavy atom. The van der Waals surface area contributed by atoms with Crippen molar-refractivity contribution in [3.63, 3.8) is 0 Å². The van der Waals surface area contributed by atoms with Gasteiger partial charge in [0, 0.05) is 21.7 Å². The monoisotopic (exact) mass is 329 g/mol. The second-order valence-electron chi connectivity index (χ2n) is 4.26. The zero-order valence-corrected chi connectivity index (χ0v) is 12.5. The summed E-state index contributed by atoms with van der Waals surface area (Å²) in [6.45, 7) is 0. The van der Waals surface area contributed by atoms with Crippen molar-refractivity contribution in [3.05, 3.63) is 73.8 Å². The molecule has 0 bridgehead atoms. The van der Waals surface area contributed by atoms with Crippen molar-refractivity contribution >= 4 is 40.5 Å². The smallest absolute Gasteiger partial charge is 0.258 e. The van der Waals surface area contributed by atoms with Gasteiger partial charge in [0.1, 0.15) is 0 Å². The van der Waals surface area contributed by atoms with Gasteiger partial charge < -0.3 is 0 Å². The van der Waals surface area contributed by atoms with Gasteiger partial charge in [-0.15, -0.1) is 11.6 Å². The number of halogens is 3. The molecule has 2 aromatic carbocycles. The van der Waals surface area contributed by atoms with Crippen molar-refractivity contribution in [2.75, 3.05) is 0 Å². The first-order chi connectivity index (χ1) is 9.47. The lowest BCUT2D eigenvalue weighted by molar-refractivity contribution is -0.385. The second-order valence-corrected chi connectivity index (χ2v) is 5.66. The standard InChI is InChI=1S/C14H10Cl3NO2/c15-11-5-10(6-12(16)8-11)13(17)7-9-3-1-2-4-14(9)18(19)20/h1-6,8,13H,7H2. The number of nitro benzene ring substituents is 1. The molecule has 2 rings (SSSR count). The van der Waals surface area contributed by atoms with Gasteiger partial charge in [-0.1, -0.05) is 41.4 Å². The molecule has 0 spiro atoms. The van der Waals surface area contributed by atoms with Crippen LogP contribution < -0.4 is 0 Å². The number of hydrogen-bond donors (Lipinski definition) is 0. The lowest BCUT2D eigenvalue weighted by Crippen LogP contribution is -2.00. The molecule has 104 valence electrons. The molecule has 3 nitrogen and oxygen atoms in total. The third kappa shape index (κ3) is 3.63. The first-order valence-electron chi connectivity index (χ1n) is 5.79. The Hall–Kier alpha value is -1.29. The molecule has 0 aliphatic carbocycles. The Balaban J connectivity index is 2.28. The summed E-state index contributed by atoms with van der Waals surface area (Å²) in [5.41, 5.74) is 1.38. The SMILES string of the molecule is O=[N+]([O-])c1ccccc1CC(Cl)c1cc(Cl)cc(Cl)c1. The molecular formula is C14H10Cl3NO2. The lowest BCUT2D eigenvalue weighted by Gasteiger charge is -2.11. The van der Waals surface area contributed by atoms with Crippen molar-refractivity contribution in [1.29, 1.82) is 0 Å². The number of benzene rings is 2. The zero-order chi connectivity index (χ0) is 14.7. The van der Waals surface area contributed by atoms with Gasteiger partial charge >= 0.3 is 0 Å². The molecule has 0 aliphatic heterocycles. The molecule has 0 amide bonds. The van der Waals surface area contributed by atoms with E-state index >= 15 is 0 Å². The summed E-state index contributed by atoms with van der Waals surface area (Å²) in [5.74, 6) is 0. The summed E-state index contributed by atoms with van der Waals surface area (Å²) < 4.78 is 0. The highest BCUT2D eigenvalue weighted by Gasteiger charge is 2.17. The molecule has 0 N–H and O–H groups in total. The quantitative estimate of drug-likeness (QED) is 0.426. The van der Waals surface area contributed by atoms with E-state index in [-0.39, 0.29) is 5.69 Å². The molecule has 0 heterocycles. The van der Waals surface area contributed by atoms with Crippen molar-refractivity contribution in [1.82, 2.24) is 0 Å². The lowest BCUT2D eigenvalue weighted by atomic mass is 10.0. The first-order valence-corrected chi connectivity index (χ1v) is 6.99. The van der Waals surface area contributed by atoms with Crippen LogP contribution in [0, 0.1) is 10.1 Å². The van der Waals surface area contributed by atoms with Crippen molar-refractivity contribution in [3.8, 4) is 0 Å². The number of rotatable bonds is 4. The highest BCUT2D eigenvalue weighted by molar-refractivity contribution is 6.35. The maximum Gasteiger partial charge on any atom is 0.272 e. The van der Waals surface area contributed by atoms with Gasteiger partial charge in [-0.3, -0.25) is 10.1 Å². The third-order valence-corrected chi connectivity index (χ3v) is 3.68. The van der Waals surface area contributed by atoms with Gasteiger partial charge in [-0.2, -0.15) is 0 Å². The Kier molecular flexibility index (Phi) is 4.86. The fourth-order valence-electron chi connectivity index (χ4n) is 1.93. The molecule has 20 heavy (non-hydrogen) atoms. The van der Waals surface area contributed by atoms with Crippen molar-refractivity contribution < 1.29 is 4.92 Å². The number of nitro groups is 1. The Morgan fingerprint density at radius 1 is 1.10 bits per heavy atom. The zero-order valence-electron chi connectivity index (χ0n) is 10.2. The molecule has 0 saturated carbocycles. The van der Waals surface area contributed by atoms with E-state index in [0.717, 1.165) is 5.56 Å². The van der Waals surface area contributed by atoms with Crippen LogP contribution >= 0.6 is 34.8 Å². The van der Waals surface area contributed by atoms with Crippen LogP contribution in [-0.2, 0) is 6.42 Å². The Morgan fingerprint density at radius 3 is 2.30 bits per heavy atom. The minimum atomic E-state index is -0.438. The van der Waals surface area contributed by atoms with E-state index in [0.29, 0.717) is 22.0 Å². The highest BCUT2D eigenvalue weighted by Crippen LogP contribution is 2.32. The minimum absolute atomic E-state index is 0.0614. The summed E-state index contributed by atoms with van der Waals surface area (Å²) in [7, 11) is 0. The molecule has 0 aromatic heterocycles. The predicted molar refractivity (Wildman–Crippen MR) is 81.9 cm³/mol. The van der Waals surface area contributed by atoms with Crippen molar-refractivity contribution in [2.24, 2.45) is 0 Å². The fourth-order valence-corrected chi connectivity index (χ4v) is 2.76. The van der Waals surface area contributed by atoms with Crippen LogP contribution in [0.25, 0.3) is 0 Å². The topological polar surface area (TPSA) is 43.1 Å². The Bertz CT molecular complexity index is 626. The molecule has 2 aromatic rings. The van der Waals surface area contributed by atoms with Crippen LogP contribution in [0.15, 0.2) is 42.5 Å². The second kappa shape index (κ2) is 6.44. The van der Waals surface area contributed by atoms with Crippen LogP contribution in [0.4, 0.5) is 5.69 Å². The van der Waals surface area contributed by atoms with Crippen LogP contribution in [0.1, 0.15) is 16.5 Å². The molecule has 0 fully saturated rings. The summed E-state index contributed by atoms with van der Waals surface area (Å²) in [4.78, 5) is 10.6. The molecule has 0 saturated heterocycles. The van der Waals surface area contributed by atoms with Crippen LogP contribution in [0.2, 0.25) is 10.0 Å². The van der Waals surface area contributed by atoms with E-state index in [9.17, 15) is 10.1 Å². The Labute approximate surface area is 131 Å². The van der Waals surface area contributed by atoms with Gasteiger partial charge in [0.2, 0.25) is 0 Å². The van der Waals surface area contributed by atoms with Gasteiger partial charge in [0.25, 0.3) is 5.69 Å². The van der Waals surface area contributed by atoms with Crippen molar-refractivity contribution in [2.45, 2.75) is 11.8 Å². The largest absolute Gasteiger partial charge is 0.272 e. The molecule has 0 radical (unpaired) electrons. The number of para-hydroxylation sites is 1. The fraction of sp³-hybridized carbons (Fsp3) is 0.143. The van der Waals surface area contributed by atoms with E-state index < -0.39 is 10.3 Å². The van der Waals surface area contributed by atoms with E-state index in [1.807, 2.05) is 0 Å². The summed E-state index contributed by atoms with van der Waals surface area (Å²) in [5, 5.41) is 11.5. The normalized spacial score (nSPS) is 12.2. The van der Waals surface area contributed by atoms with E-state index in [1.165, 1.54) is 6.07 Å². The third-order valence-electron chi connectivity index (χ3n) is 2.83. The maximum absolute atomic E-state index is 11.0. The number of nitrogens with zero attached hydrogens (tertiary/aromatic N) is 1. The average molecular weight is 331 g/mol. The van der Waals surface area contributed by atoms with E-state index in [4.69, 9.17) is 34.8 Å². The van der Waals surface area contributed by atoms with Gasteiger partial charge in [-0.25, -0.2) is 0 Å². The number of alkyl halides is 1. The summed E-state index contributed by atoms with van der Waals surface area (Å²) >= 11 is 18.2. The van der Waals surface area contributed by atoms with Crippen LogP contribution in [0.5, 0.6) is 0 Å². The minimum Gasteiger partial charge on any atom is -0.258 e. The van der Waals surface area contributed by atoms with Gasteiger partial charge in [0.05, 0.1) is 10.3 Å². The summed E-state index contributed by atoms with van der Waals surface area (Å²) in [6, 6.07) is 11.6. The predicted octanol–water partition coefficient (Wildman–Crippen LogP) is 5.42. The van der Waals surface area contributed by atoms with Crippen LogP contribution in [0.3, 0.4) is 0 Å². The van der Waals surface area contributed by atoms with E-state index in [2.05, 4.69) is 0 Å². The maximum atomic E-state index is 11.0. The van der Waals surface area contributed by atoms with Gasteiger partial charge in [-0.05, 0) is 30.2 Å². The van der Waals surface area contributed by atoms with Gasteiger partial charge in [0.15, 0.2) is 0 Å². The van der Waals surface area contributed by atoms with Crippen LogP contribution in [-0.4, -0.2) is 4.92 Å². The molecule has 1 unspecified atom stereocenters.